The van der Waals surface area contributed by atoms with Gasteiger partial charge in [0.2, 0.25) is 0 Å². The number of carbonyl (C=O) groups is 1. The van der Waals surface area contributed by atoms with E-state index in [9.17, 15) is 4.79 Å². The van der Waals surface area contributed by atoms with E-state index in [1.165, 1.54) is 6.92 Å². The summed E-state index contributed by atoms with van der Waals surface area (Å²) in [7, 11) is 0. The molecule has 0 bridgehead atoms. The van der Waals surface area contributed by atoms with Crippen LogP contribution >= 0.6 is 0 Å². The summed E-state index contributed by atoms with van der Waals surface area (Å²) in [6.45, 7) is 6.93. The van der Waals surface area contributed by atoms with Gasteiger partial charge in [-0.2, -0.15) is 0 Å². The van der Waals surface area contributed by atoms with Crippen molar-refractivity contribution in [3.8, 4) is 0 Å². The van der Waals surface area contributed by atoms with Crippen LogP contribution in [0.2, 0.25) is 0 Å². The average Bonchev–Trinajstić information content (AvgIpc) is 1.21. The van der Waals surface area contributed by atoms with Crippen molar-refractivity contribution in [3.05, 3.63) is 0 Å². The van der Waals surface area contributed by atoms with Crippen molar-refractivity contribution >= 4 is 5.97 Å². The molecule has 0 amide bonds. The molecule has 0 unspecified atom stereocenters. The zero-order valence-corrected chi connectivity index (χ0v) is 13.4. The molecule has 0 atom stereocenters. The first-order valence-corrected chi connectivity index (χ1v) is 2.61. The van der Waals surface area contributed by atoms with Crippen molar-refractivity contribution < 1.29 is 63.0 Å². The Bertz CT molecular complexity index is 101. The largest absolute Gasteiger partial charge is 2.00 e. The molecule has 0 saturated heterocycles. The number of carbonyl (C=O) groups excluding carboxylic acids is 1. The van der Waals surface area contributed by atoms with Crippen molar-refractivity contribution in [2.24, 2.45) is 0 Å². The Morgan fingerprint density at radius 1 is 1.18 bits per heavy atom. The Morgan fingerprint density at radius 3 is 1.45 bits per heavy atom. The van der Waals surface area contributed by atoms with E-state index in [-0.39, 0.29) is 65.0 Å². The van der Waals surface area contributed by atoms with Gasteiger partial charge in [0, 0.05) is 6.92 Å². The first-order chi connectivity index (χ1) is 3.42. The summed E-state index contributed by atoms with van der Waals surface area (Å²) in [5.74, 6) is -0.225. The molecule has 0 heterocycles. The van der Waals surface area contributed by atoms with Crippen molar-refractivity contribution in [1.82, 2.24) is 0 Å². The van der Waals surface area contributed by atoms with Crippen LogP contribution in [0.25, 0.3) is 0 Å². The monoisotopic (exact) mass is 338 g/mol. The second-order valence-electron chi connectivity index (χ2n) is 2.71. The summed E-state index contributed by atoms with van der Waals surface area (Å²) >= 11 is 0. The fraction of sp³-hybridized carbons (Fsp3) is 0.833. The van der Waals surface area contributed by atoms with Crippen LogP contribution in [0.15, 0.2) is 0 Å². The molecule has 11 heavy (non-hydrogen) atoms. The molecule has 0 spiro atoms. The van der Waals surface area contributed by atoms with E-state index in [0.717, 1.165) is 0 Å². The van der Waals surface area contributed by atoms with Gasteiger partial charge in [0.25, 0.3) is 0 Å². The minimum atomic E-state index is -0.328. The third-order valence-corrected chi connectivity index (χ3v) is 0.450. The molecular formula is C6H12Br2O2Zn. The third kappa shape index (κ3) is 24.7. The van der Waals surface area contributed by atoms with Crippen LogP contribution in [0.3, 0.4) is 0 Å². The average molecular weight is 341 g/mol. The molecular weight excluding hydrogens is 329 g/mol. The van der Waals surface area contributed by atoms with Crippen LogP contribution in [-0.4, -0.2) is 11.6 Å². The van der Waals surface area contributed by atoms with E-state index in [2.05, 4.69) is 0 Å². The molecule has 0 aromatic carbocycles. The van der Waals surface area contributed by atoms with Crippen molar-refractivity contribution in [1.29, 1.82) is 0 Å². The Labute approximate surface area is 102 Å². The van der Waals surface area contributed by atoms with Crippen LogP contribution in [0.1, 0.15) is 27.7 Å². The van der Waals surface area contributed by atoms with E-state index >= 15 is 0 Å². The van der Waals surface area contributed by atoms with Gasteiger partial charge in [-0.1, -0.05) is 0 Å². The summed E-state index contributed by atoms with van der Waals surface area (Å²) in [4.78, 5) is 10.2. The maximum absolute atomic E-state index is 10.2. The zero-order valence-electron chi connectivity index (χ0n) is 7.28. The van der Waals surface area contributed by atoms with Crippen molar-refractivity contribution in [2.75, 3.05) is 0 Å². The third-order valence-electron chi connectivity index (χ3n) is 0.450. The molecule has 0 N–H and O–H groups in total. The number of esters is 1. The Balaban J connectivity index is -0.0000000817. The predicted molar refractivity (Wildman–Crippen MR) is 31.5 cm³/mol. The van der Waals surface area contributed by atoms with Gasteiger partial charge in [-0.15, -0.1) is 0 Å². The van der Waals surface area contributed by atoms with Gasteiger partial charge in [0.05, 0.1) is 0 Å². The molecule has 0 aromatic heterocycles. The van der Waals surface area contributed by atoms with Gasteiger partial charge in [0.1, 0.15) is 5.60 Å². The molecule has 0 aliphatic heterocycles. The molecule has 0 saturated carbocycles. The molecule has 5 heteroatoms. The second kappa shape index (κ2) is 9.14. The molecule has 0 radical (unpaired) electrons. The summed E-state index contributed by atoms with van der Waals surface area (Å²) in [5, 5.41) is 0. The van der Waals surface area contributed by atoms with Crippen molar-refractivity contribution in [3.63, 3.8) is 0 Å². The molecule has 0 fully saturated rings. The minimum absolute atomic E-state index is 0. The Morgan fingerprint density at radius 2 is 1.45 bits per heavy atom. The summed E-state index contributed by atoms with van der Waals surface area (Å²) in [6.07, 6.45) is 0. The number of hydrogen-bond donors (Lipinski definition) is 0. The van der Waals surface area contributed by atoms with Gasteiger partial charge in [0.15, 0.2) is 0 Å². The van der Waals surface area contributed by atoms with E-state index in [1.807, 2.05) is 20.8 Å². The Hall–Kier alpha value is 1.05. The number of halogens is 2. The quantitative estimate of drug-likeness (QED) is 0.327. The van der Waals surface area contributed by atoms with E-state index in [0.29, 0.717) is 0 Å². The fourth-order valence-electron chi connectivity index (χ4n) is 0.431. The van der Waals surface area contributed by atoms with Gasteiger partial charge >= 0.3 is 25.4 Å². The molecule has 0 aliphatic carbocycles. The molecule has 2 nitrogen and oxygen atoms in total. The van der Waals surface area contributed by atoms with Crippen LogP contribution in [0.4, 0.5) is 0 Å². The SMILES string of the molecule is CC(=O)OC(C)(C)C.[Br-].[Br-].[Zn+2]. The number of ether oxygens (including phenoxy) is 1. The maximum Gasteiger partial charge on any atom is 2.00 e. The maximum atomic E-state index is 10.2. The smallest absolute Gasteiger partial charge is 1.00 e. The van der Waals surface area contributed by atoms with Gasteiger partial charge in [-0.05, 0) is 20.8 Å². The van der Waals surface area contributed by atoms with Crippen LogP contribution in [-0.2, 0) is 29.0 Å². The first-order valence-electron chi connectivity index (χ1n) is 2.61. The van der Waals surface area contributed by atoms with Crippen molar-refractivity contribution in [2.45, 2.75) is 33.3 Å². The number of rotatable bonds is 0. The normalized spacial score (nSPS) is 8.00. The fourth-order valence-corrected chi connectivity index (χ4v) is 0.431. The predicted octanol–water partition coefficient (Wildman–Crippen LogP) is -4.65. The van der Waals surface area contributed by atoms with E-state index in [1.54, 1.807) is 0 Å². The summed E-state index contributed by atoms with van der Waals surface area (Å²) in [5.41, 5.74) is -0.328. The molecule has 0 aromatic rings. The molecule has 0 rings (SSSR count). The molecule has 0 aliphatic rings. The van der Waals surface area contributed by atoms with Gasteiger partial charge < -0.3 is 38.7 Å². The van der Waals surface area contributed by atoms with E-state index < -0.39 is 0 Å². The first kappa shape index (κ1) is 22.7. The van der Waals surface area contributed by atoms with Crippen LogP contribution < -0.4 is 34.0 Å². The van der Waals surface area contributed by atoms with Crippen LogP contribution in [0.5, 0.6) is 0 Å². The minimum Gasteiger partial charge on any atom is -1.00 e. The van der Waals surface area contributed by atoms with Gasteiger partial charge in [-0.25, -0.2) is 0 Å². The summed E-state index contributed by atoms with van der Waals surface area (Å²) in [6, 6.07) is 0. The summed E-state index contributed by atoms with van der Waals surface area (Å²) < 4.78 is 4.80. The Kier molecular flexibility index (Phi) is 18.9. The second-order valence-corrected chi connectivity index (χ2v) is 2.71. The molecule has 64 valence electrons. The van der Waals surface area contributed by atoms with Crippen LogP contribution in [0, 0.1) is 0 Å². The van der Waals surface area contributed by atoms with E-state index in [4.69, 9.17) is 4.74 Å². The topological polar surface area (TPSA) is 26.3 Å². The zero-order chi connectivity index (χ0) is 6.78. The van der Waals surface area contributed by atoms with Gasteiger partial charge in [-0.3, -0.25) is 4.79 Å². The number of hydrogen-bond acceptors (Lipinski definition) is 2. The standard InChI is InChI=1S/C6H12O2.2BrH.Zn/c1-5(7)8-6(2,3)4;;;/h1-4H3;2*1H;/q;;;+2/p-2.